The molecule has 3 N–H and O–H groups in total. The molecule has 1 aliphatic heterocycles. The molecular weight excluding hydrogens is 308 g/mol. The molecule has 7 nitrogen and oxygen atoms in total. The number of hydrogen-bond donors (Lipinski definition) is 3. The Morgan fingerprint density at radius 3 is 2.42 bits per heavy atom. The number of carbonyl (C=O) groups is 3. The second-order valence-electron chi connectivity index (χ2n) is 8.00. The molecular formula is C17H30N4O3. The van der Waals surface area contributed by atoms with Crippen LogP contribution in [0.1, 0.15) is 46.5 Å². The van der Waals surface area contributed by atoms with Crippen LogP contribution in [-0.2, 0) is 9.59 Å². The predicted molar refractivity (Wildman–Crippen MR) is 91.3 cm³/mol. The van der Waals surface area contributed by atoms with E-state index < -0.39 is 11.6 Å². The minimum absolute atomic E-state index is 0.208. The molecule has 0 aromatic rings. The van der Waals surface area contributed by atoms with Gasteiger partial charge in [-0.15, -0.1) is 0 Å². The maximum absolute atomic E-state index is 12.8. The van der Waals surface area contributed by atoms with Gasteiger partial charge in [0, 0.05) is 13.1 Å². The first kappa shape index (κ1) is 18.7. The number of rotatable bonds is 5. The van der Waals surface area contributed by atoms with E-state index in [9.17, 15) is 14.4 Å². The Labute approximate surface area is 143 Å². The van der Waals surface area contributed by atoms with Gasteiger partial charge in [0.2, 0.25) is 5.91 Å². The molecule has 2 aliphatic rings. The van der Waals surface area contributed by atoms with Gasteiger partial charge in [-0.3, -0.25) is 14.5 Å². The largest absolute Gasteiger partial charge is 0.353 e. The summed E-state index contributed by atoms with van der Waals surface area (Å²) >= 11 is 0. The lowest BCUT2D eigenvalue weighted by Gasteiger charge is -2.40. The second kappa shape index (κ2) is 7.09. The van der Waals surface area contributed by atoms with E-state index in [4.69, 9.17) is 0 Å². The SMILES string of the molecule is CNCCNC(=O)CN1C(=O)NC2(CCC(C(C)(C)C)CC2)C1=O. The lowest BCUT2D eigenvalue weighted by Crippen LogP contribution is -2.51. The van der Waals surface area contributed by atoms with Crippen LogP contribution in [0.5, 0.6) is 0 Å². The van der Waals surface area contributed by atoms with E-state index in [1.165, 1.54) is 0 Å². The number of nitrogens with zero attached hydrogens (tertiary/aromatic N) is 1. The van der Waals surface area contributed by atoms with Crippen molar-refractivity contribution >= 4 is 17.8 Å². The summed E-state index contributed by atoms with van der Waals surface area (Å²) in [5.74, 6) is -0.00970. The fourth-order valence-corrected chi connectivity index (χ4v) is 3.66. The van der Waals surface area contributed by atoms with Crippen molar-refractivity contribution in [1.29, 1.82) is 0 Å². The lowest BCUT2D eigenvalue weighted by atomic mass is 9.67. The number of carbonyl (C=O) groups excluding carboxylic acids is 3. The molecule has 0 aromatic heterocycles. The van der Waals surface area contributed by atoms with E-state index in [1.807, 2.05) is 0 Å². The van der Waals surface area contributed by atoms with Crippen molar-refractivity contribution in [3.05, 3.63) is 0 Å². The fourth-order valence-electron chi connectivity index (χ4n) is 3.66. The highest BCUT2D eigenvalue weighted by atomic mass is 16.2. The fraction of sp³-hybridized carbons (Fsp3) is 0.824. The Balaban J connectivity index is 1.95. The molecule has 0 atom stereocenters. The Hall–Kier alpha value is -1.63. The Bertz CT molecular complexity index is 504. The summed E-state index contributed by atoms with van der Waals surface area (Å²) in [4.78, 5) is 37.9. The van der Waals surface area contributed by atoms with E-state index in [2.05, 4.69) is 36.7 Å². The Morgan fingerprint density at radius 1 is 1.25 bits per heavy atom. The third-order valence-corrected chi connectivity index (χ3v) is 5.31. The molecule has 1 spiro atoms. The van der Waals surface area contributed by atoms with Crippen LogP contribution < -0.4 is 16.0 Å². The molecule has 1 aliphatic carbocycles. The molecule has 0 bridgehead atoms. The third-order valence-electron chi connectivity index (χ3n) is 5.31. The van der Waals surface area contributed by atoms with Crippen molar-refractivity contribution in [1.82, 2.24) is 20.9 Å². The molecule has 2 rings (SSSR count). The van der Waals surface area contributed by atoms with Gasteiger partial charge < -0.3 is 16.0 Å². The van der Waals surface area contributed by atoms with Crippen molar-refractivity contribution in [2.75, 3.05) is 26.7 Å². The zero-order valence-corrected chi connectivity index (χ0v) is 15.2. The quantitative estimate of drug-likeness (QED) is 0.512. The van der Waals surface area contributed by atoms with Crippen molar-refractivity contribution in [2.45, 2.75) is 52.0 Å². The summed E-state index contributed by atoms with van der Waals surface area (Å²) in [6, 6.07) is -0.446. The van der Waals surface area contributed by atoms with Crippen molar-refractivity contribution < 1.29 is 14.4 Å². The summed E-state index contributed by atoms with van der Waals surface area (Å²) < 4.78 is 0. The third kappa shape index (κ3) is 3.88. The van der Waals surface area contributed by atoms with Gasteiger partial charge in [0.25, 0.3) is 5.91 Å². The van der Waals surface area contributed by atoms with Crippen LogP contribution in [0.2, 0.25) is 0 Å². The van der Waals surface area contributed by atoms with Crippen LogP contribution in [0.4, 0.5) is 4.79 Å². The molecule has 0 unspecified atom stereocenters. The maximum Gasteiger partial charge on any atom is 0.325 e. The van der Waals surface area contributed by atoms with E-state index in [0.717, 1.165) is 17.7 Å². The highest BCUT2D eigenvalue weighted by Crippen LogP contribution is 2.43. The number of urea groups is 1. The van der Waals surface area contributed by atoms with Gasteiger partial charge in [0.15, 0.2) is 0 Å². The van der Waals surface area contributed by atoms with Crippen LogP contribution in [0, 0.1) is 11.3 Å². The first-order chi connectivity index (χ1) is 11.2. The topological polar surface area (TPSA) is 90.5 Å². The minimum atomic E-state index is -0.802. The monoisotopic (exact) mass is 338 g/mol. The van der Waals surface area contributed by atoms with Crippen LogP contribution in [0.3, 0.4) is 0 Å². The molecule has 7 heteroatoms. The number of nitrogens with one attached hydrogen (secondary N) is 3. The van der Waals surface area contributed by atoms with Gasteiger partial charge >= 0.3 is 6.03 Å². The Kier molecular flexibility index (Phi) is 5.52. The normalized spacial score (nSPS) is 27.5. The van der Waals surface area contributed by atoms with Gasteiger partial charge in [-0.1, -0.05) is 20.8 Å². The summed E-state index contributed by atoms with van der Waals surface area (Å²) in [5.41, 5.74) is -0.593. The van der Waals surface area contributed by atoms with Gasteiger partial charge in [-0.25, -0.2) is 4.79 Å². The molecule has 1 heterocycles. The summed E-state index contributed by atoms with van der Waals surface area (Å²) in [6.45, 7) is 7.55. The van der Waals surface area contributed by atoms with E-state index in [0.29, 0.717) is 31.8 Å². The van der Waals surface area contributed by atoms with Crippen LogP contribution in [-0.4, -0.2) is 55.0 Å². The second-order valence-corrected chi connectivity index (χ2v) is 8.00. The maximum atomic E-state index is 12.8. The molecule has 2 fully saturated rings. The highest BCUT2D eigenvalue weighted by Gasteiger charge is 2.53. The summed E-state index contributed by atoms with van der Waals surface area (Å²) in [6.07, 6.45) is 3.13. The number of hydrogen-bond acceptors (Lipinski definition) is 4. The van der Waals surface area contributed by atoms with E-state index in [1.54, 1.807) is 7.05 Å². The Morgan fingerprint density at radius 2 is 1.88 bits per heavy atom. The first-order valence-electron chi connectivity index (χ1n) is 8.75. The minimum Gasteiger partial charge on any atom is -0.353 e. The summed E-state index contributed by atoms with van der Waals surface area (Å²) in [5, 5.41) is 8.48. The standard InChI is InChI=1S/C17H30N4O3/c1-16(2,3)12-5-7-17(8-6-12)14(23)21(15(24)20-17)11-13(22)19-10-9-18-4/h12,18H,5-11H2,1-4H3,(H,19,22)(H,20,24). The lowest BCUT2D eigenvalue weighted by molar-refractivity contribution is -0.136. The summed E-state index contributed by atoms with van der Waals surface area (Å²) in [7, 11) is 1.79. The van der Waals surface area contributed by atoms with Gasteiger partial charge in [-0.05, 0) is 44.1 Å². The van der Waals surface area contributed by atoms with Crippen molar-refractivity contribution in [3.63, 3.8) is 0 Å². The molecule has 136 valence electrons. The molecule has 1 saturated carbocycles. The molecule has 4 amide bonds. The predicted octanol–water partition coefficient (Wildman–Crippen LogP) is 0.849. The zero-order chi connectivity index (χ0) is 18.0. The van der Waals surface area contributed by atoms with Crippen molar-refractivity contribution in [3.8, 4) is 0 Å². The van der Waals surface area contributed by atoms with Gasteiger partial charge in [0.1, 0.15) is 12.1 Å². The van der Waals surface area contributed by atoms with Crippen molar-refractivity contribution in [2.24, 2.45) is 11.3 Å². The van der Waals surface area contributed by atoms with Crippen LogP contribution in [0.15, 0.2) is 0 Å². The van der Waals surface area contributed by atoms with Gasteiger partial charge in [-0.2, -0.15) is 0 Å². The van der Waals surface area contributed by atoms with Crippen LogP contribution >= 0.6 is 0 Å². The smallest absolute Gasteiger partial charge is 0.325 e. The zero-order valence-electron chi connectivity index (χ0n) is 15.2. The molecule has 24 heavy (non-hydrogen) atoms. The number of amides is 4. The highest BCUT2D eigenvalue weighted by molar-refractivity contribution is 6.09. The average molecular weight is 338 g/mol. The molecule has 0 aromatic carbocycles. The number of likely N-dealkylation sites (N-methyl/N-ethyl adjacent to an activating group) is 1. The first-order valence-corrected chi connectivity index (χ1v) is 8.75. The van der Waals surface area contributed by atoms with Crippen LogP contribution in [0.25, 0.3) is 0 Å². The molecule has 0 radical (unpaired) electrons. The molecule has 1 saturated heterocycles. The van der Waals surface area contributed by atoms with E-state index >= 15 is 0 Å². The van der Waals surface area contributed by atoms with E-state index in [-0.39, 0.29) is 23.8 Å². The number of imide groups is 1. The van der Waals surface area contributed by atoms with Gasteiger partial charge in [0.05, 0.1) is 0 Å². The average Bonchev–Trinajstić information content (AvgIpc) is 2.71.